The first-order valence-corrected chi connectivity index (χ1v) is 13.0. The van der Waals surface area contributed by atoms with Crippen molar-refractivity contribution < 1.29 is 19.1 Å². The van der Waals surface area contributed by atoms with Crippen molar-refractivity contribution in [2.24, 2.45) is 0 Å². The number of methoxy groups -OCH3 is 1. The summed E-state index contributed by atoms with van der Waals surface area (Å²) in [5.74, 6) is 5.76. The summed E-state index contributed by atoms with van der Waals surface area (Å²) in [6.07, 6.45) is -0.543. The lowest BCUT2D eigenvalue weighted by Crippen LogP contribution is -2.40. The van der Waals surface area contributed by atoms with Crippen molar-refractivity contribution in [3.05, 3.63) is 63.8 Å². The van der Waals surface area contributed by atoms with Crippen molar-refractivity contribution in [1.82, 2.24) is 20.4 Å². The van der Waals surface area contributed by atoms with Gasteiger partial charge in [-0.25, -0.2) is 9.48 Å². The first kappa shape index (κ1) is 29.9. The molecule has 10 heteroatoms. The van der Waals surface area contributed by atoms with E-state index in [0.29, 0.717) is 32.7 Å². The topological polar surface area (TPSA) is 94.5 Å². The molecule has 3 rings (SSSR count). The fraction of sp³-hybridized carbons (Fsp3) is 0.345. The third-order valence-electron chi connectivity index (χ3n) is 5.00. The number of carbonyl (C=O) groups is 2. The van der Waals surface area contributed by atoms with Crippen LogP contribution in [0.15, 0.2) is 42.5 Å². The van der Waals surface area contributed by atoms with Crippen LogP contribution in [-0.2, 0) is 4.74 Å². The standard InChI is InChI=1S/C29H32Cl2N4O4/c1-28(2,3)33-26(36)23-25(38-7)24(19-11-13-20(30)14-12-19)35(34-23)22-15-10-18(17-21(22)31)9-8-16-32-27(37)39-29(4,5)6/h10-15,17H,16H2,1-7H3,(H,32,37)(H,33,36). The molecular formula is C29H32Cl2N4O4. The molecule has 2 aromatic carbocycles. The number of alkyl carbamates (subject to hydrolysis) is 1. The van der Waals surface area contributed by atoms with E-state index in [-0.39, 0.29) is 18.1 Å². The van der Waals surface area contributed by atoms with Gasteiger partial charge in [-0.1, -0.05) is 47.2 Å². The van der Waals surface area contributed by atoms with Gasteiger partial charge >= 0.3 is 6.09 Å². The van der Waals surface area contributed by atoms with Crippen LogP contribution in [0.5, 0.6) is 5.75 Å². The Morgan fingerprint density at radius 2 is 1.69 bits per heavy atom. The van der Waals surface area contributed by atoms with E-state index in [1.807, 2.05) is 32.9 Å². The van der Waals surface area contributed by atoms with Crippen molar-refractivity contribution in [1.29, 1.82) is 0 Å². The maximum absolute atomic E-state index is 13.2. The number of aromatic nitrogens is 2. The van der Waals surface area contributed by atoms with Gasteiger partial charge in [0.25, 0.3) is 5.91 Å². The van der Waals surface area contributed by atoms with Crippen molar-refractivity contribution >= 4 is 35.2 Å². The summed E-state index contributed by atoms with van der Waals surface area (Å²) in [6, 6.07) is 12.3. The smallest absolute Gasteiger partial charge is 0.408 e. The van der Waals surface area contributed by atoms with E-state index in [4.69, 9.17) is 32.7 Å². The molecule has 0 radical (unpaired) electrons. The van der Waals surface area contributed by atoms with E-state index in [1.54, 1.807) is 55.8 Å². The zero-order valence-electron chi connectivity index (χ0n) is 23.0. The summed E-state index contributed by atoms with van der Waals surface area (Å²) >= 11 is 12.8. The fourth-order valence-electron chi connectivity index (χ4n) is 3.51. The zero-order valence-corrected chi connectivity index (χ0v) is 24.5. The third kappa shape index (κ3) is 8.16. The van der Waals surface area contributed by atoms with Crippen LogP contribution < -0.4 is 15.4 Å². The third-order valence-corrected chi connectivity index (χ3v) is 5.55. The van der Waals surface area contributed by atoms with Crippen LogP contribution in [0.1, 0.15) is 57.6 Å². The average Bonchev–Trinajstić information content (AvgIpc) is 3.20. The molecule has 0 unspecified atom stereocenters. The molecule has 0 aliphatic rings. The number of carbonyl (C=O) groups excluding carboxylic acids is 2. The zero-order chi connectivity index (χ0) is 29.0. The lowest BCUT2D eigenvalue weighted by atomic mass is 10.1. The average molecular weight is 572 g/mol. The van der Waals surface area contributed by atoms with Crippen LogP contribution in [0.4, 0.5) is 4.79 Å². The Hall–Kier alpha value is -3.67. The predicted molar refractivity (Wildman–Crippen MR) is 154 cm³/mol. The van der Waals surface area contributed by atoms with Crippen LogP contribution >= 0.6 is 23.2 Å². The van der Waals surface area contributed by atoms with Gasteiger partial charge in [-0.3, -0.25) is 4.79 Å². The van der Waals surface area contributed by atoms with Gasteiger partial charge in [0.1, 0.15) is 11.3 Å². The molecule has 0 aliphatic carbocycles. The number of hydrogen-bond acceptors (Lipinski definition) is 5. The Morgan fingerprint density at radius 1 is 1.03 bits per heavy atom. The van der Waals surface area contributed by atoms with Crippen LogP contribution in [0, 0.1) is 11.8 Å². The minimum Gasteiger partial charge on any atom is -0.492 e. The molecule has 1 heterocycles. The quantitative estimate of drug-likeness (QED) is 0.353. The molecule has 0 aliphatic heterocycles. The number of amides is 2. The summed E-state index contributed by atoms with van der Waals surface area (Å²) in [5.41, 5.74) is 1.46. The van der Waals surface area contributed by atoms with Crippen LogP contribution in [-0.4, -0.2) is 46.6 Å². The lowest BCUT2D eigenvalue weighted by molar-refractivity contribution is 0.0535. The number of hydrogen-bond donors (Lipinski definition) is 2. The molecule has 0 saturated carbocycles. The highest BCUT2D eigenvalue weighted by atomic mass is 35.5. The number of halogens is 2. The molecule has 0 atom stereocenters. The molecular weight excluding hydrogens is 539 g/mol. The molecule has 8 nitrogen and oxygen atoms in total. The van der Waals surface area contributed by atoms with Gasteiger partial charge < -0.3 is 20.1 Å². The van der Waals surface area contributed by atoms with Gasteiger partial charge in [0.2, 0.25) is 0 Å². The van der Waals surface area contributed by atoms with E-state index < -0.39 is 17.2 Å². The lowest BCUT2D eigenvalue weighted by Gasteiger charge is -2.19. The minimum absolute atomic E-state index is 0.109. The number of benzene rings is 2. The molecule has 1 aromatic heterocycles. The van der Waals surface area contributed by atoms with E-state index in [9.17, 15) is 9.59 Å². The molecule has 2 amide bonds. The van der Waals surface area contributed by atoms with Gasteiger partial charge in [0.05, 0.1) is 24.4 Å². The number of rotatable bonds is 5. The van der Waals surface area contributed by atoms with E-state index in [2.05, 4.69) is 27.6 Å². The van der Waals surface area contributed by atoms with Crippen molar-refractivity contribution in [2.45, 2.75) is 52.7 Å². The summed E-state index contributed by atoms with van der Waals surface area (Å²) in [6.45, 7) is 11.1. The van der Waals surface area contributed by atoms with E-state index in [1.165, 1.54) is 7.11 Å². The molecule has 0 bridgehead atoms. The second-order valence-electron chi connectivity index (χ2n) is 10.7. The molecule has 0 fully saturated rings. The Bertz CT molecular complexity index is 1420. The Labute approximate surface area is 239 Å². The number of nitrogens with zero attached hydrogens (tertiary/aromatic N) is 2. The second kappa shape index (κ2) is 12.0. The van der Waals surface area contributed by atoms with Crippen LogP contribution in [0.2, 0.25) is 10.0 Å². The number of nitrogens with one attached hydrogen (secondary N) is 2. The van der Waals surface area contributed by atoms with Gasteiger partial charge in [-0.2, -0.15) is 5.10 Å². The summed E-state index contributed by atoms with van der Waals surface area (Å²) < 4.78 is 12.5. The maximum atomic E-state index is 13.2. The largest absolute Gasteiger partial charge is 0.492 e. The van der Waals surface area contributed by atoms with E-state index in [0.717, 1.165) is 5.56 Å². The summed E-state index contributed by atoms with van der Waals surface area (Å²) in [7, 11) is 1.49. The minimum atomic E-state index is -0.589. The van der Waals surface area contributed by atoms with Gasteiger partial charge in [0, 0.05) is 21.7 Å². The Kier molecular flexibility index (Phi) is 9.21. The fourth-order valence-corrected chi connectivity index (χ4v) is 3.90. The second-order valence-corrected chi connectivity index (χ2v) is 11.5. The monoisotopic (exact) mass is 570 g/mol. The highest BCUT2D eigenvalue weighted by Crippen LogP contribution is 2.37. The molecule has 206 valence electrons. The van der Waals surface area contributed by atoms with Crippen molar-refractivity contribution in [3.63, 3.8) is 0 Å². The Morgan fingerprint density at radius 3 is 2.26 bits per heavy atom. The van der Waals surface area contributed by atoms with Crippen molar-refractivity contribution in [3.8, 4) is 34.5 Å². The van der Waals surface area contributed by atoms with Crippen LogP contribution in [0.25, 0.3) is 16.9 Å². The van der Waals surface area contributed by atoms with Gasteiger partial charge in [-0.05, 0) is 71.9 Å². The molecule has 0 spiro atoms. The van der Waals surface area contributed by atoms with Crippen LogP contribution in [0.3, 0.4) is 0 Å². The molecule has 39 heavy (non-hydrogen) atoms. The molecule has 0 saturated heterocycles. The molecule has 2 N–H and O–H groups in total. The SMILES string of the molecule is COc1c(C(=O)NC(C)(C)C)nn(-c2ccc(C#CCNC(=O)OC(C)(C)C)cc2Cl)c1-c1ccc(Cl)cc1. The highest BCUT2D eigenvalue weighted by Gasteiger charge is 2.28. The normalized spacial score (nSPS) is 11.3. The first-order chi connectivity index (χ1) is 18.2. The Balaban J connectivity index is 1.99. The van der Waals surface area contributed by atoms with Crippen molar-refractivity contribution in [2.75, 3.05) is 13.7 Å². The summed E-state index contributed by atoms with van der Waals surface area (Å²) in [5, 5.41) is 11.1. The highest BCUT2D eigenvalue weighted by molar-refractivity contribution is 6.32. The maximum Gasteiger partial charge on any atom is 0.408 e. The molecule has 3 aromatic rings. The predicted octanol–water partition coefficient (Wildman–Crippen LogP) is 6.26. The van der Waals surface area contributed by atoms with Gasteiger partial charge in [-0.15, -0.1) is 0 Å². The van der Waals surface area contributed by atoms with E-state index >= 15 is 0 Å². The van der Waals surface area contributed by atoms with Gasteiger partial charge in [0.15, 0.2) is 11.4 Å². The summed E-state index contributed by atoms with van der Waals surface area (Å²) in [4.78, 5) is 24.9. The number of ether oxygens (including phenoxy) is 2. The first-order valence-electron chi connectivity index (χ1n) is 12.2.